The number of hydrogen-bond donors (Lipinski definition) is 0. The lowest BCUT2D eigenvalue weighted by Gasteiger charge is -2.61. The lowest BCUT2D eigenvalue weighted by atomic mass is 9.49. The van der Waals surface area contributed by atoms with Gasteiger partial charge in [0.1, 0.15) is 6.61 Å². The van der Waals surface area contributed by atoms with E-state index in [-0.39, 0.29) is 22.6 Å². The molecule has 1 spiro atoms. The fraction of sp³-hybridized carbons (Fsp3) is 0.706. The highest BCUT2D eigenvalue weighted by Crippen LogP contribution is 2.65. The van der Waals surface area contributed by atoms with Crippen LogP contribution in [0.1, 0.15) is 47.0 Å². The molecule has 2 bridgehead atoms. The van der Waals surface area contributed by atoms with Gasteiger partial charge in [0.05, 0.1) is 11.2 Å². The zero-order valence-electron chi connectivity index (χ0n) is 12.9. The first kappa shape index (κ1) is 13.9. The number of fused-ring (bicyclic) bond motifs is 1. The Hall–Kier alpha value is -1.09. The van der Waals surface area contributed by atoms with Gasteiger partial charge in [-0.15, -0.1) is 0 Å². The molecule has 0 N–H and O–H groups in total. The number of rotatable bonds is 2. The van der Waals surface area contributed by atoms with Gasteiger partial charge in [-0.25, -0.2) is 0 Å². The summed E-state index contributed by atoms with van der Waals surface area (Å²) >= 11 is 0. The molecule has 1 aliphatic carbocycles. The van der Waals surface area contributed by atoms with E-state index in [4.69, 9.17) is 9.47 Å². The van der Waals surface area contributed by atoms with Crippen LogP contribution in [-0.4, -0.2) is 23.8 Å². The van der Waals surface area contributed by atoms with E-state index in [9.17, 15) is 4.79 Å². The van der Waals surface area contributed by atoms with Gasteiger partial charge in [0.15, 0.2) is 0 Å². The number of carbonyl (C=O) groups excluding carboxylic acids is 1. The number of carbonyl (C=O) groups is 1. The fourth-order valence-electron chi connectivity index (χ4n) is 4.24. The van der Waals surface area contributed by atoms with Crippen LogP contribution in [-0.2, 0) is 14.3 Å². The van der Waals surface area contributed by atoms with Gasteiger partial charge in [0.2, 0.25) is 0 Å². The summed E-state index contributed by atoms with van der Waals surface area (Å²) < 4.78 is 11.8. The fourth-order valence-corrected chi connectivity index (χ4v) is 4.24. The Labute approximate surface area is 121 Å². The van der Waals surface area contributed by atoms with E-state index in [1.54, 1.807) is 0 Å². The van der Waals surface area contributed by atoms with Crippen molar-refractivity contribution in [1.82, 2.24) is 0 Å². The van der Waals surface area contributed by atoms with Crippen molar-refractivity contribution >= 4 is 5.97 Å². The molecule has 2 fully saturated rings. The van der Waals surface area contributed by atoms with Crippen LogP contribution in [0, 0.1) is 11.3 Å². The number of ether oxygens (including phenoxy) is 2. The van der Waals surface area contributed by atoms with E-state index in [0.29, 0.717) is 12.5 Å². The van der Waals surface area contributed by atoms with Gasteiger partial charge in [-0.2, -0.15) is 0 Å². The predicted octanol–water partition coefficient (Wildman–Crippen LogP) is 3.40. The summed E-state index contributed by atoms with van der Waals surface area (Å²) in [4.78, 5) is 11.1. The normalized spacial score (nSPS) is 41.0. The third-order valence-corrected chi connectivity index (χ3v) is 5.48. The highest BCUT2D eigenvalue weighted by atomic mass is 16.5. The second kappa shape index (κ2) is 4.20. The first-order valence-electron chi connectivity index (χ1n) is 7.50. The Morgan fingerprint density at radius 3 is 2.80 bits per heavy atom. The number of hydrogen-bond acceptors (Lipinski definition) is 3. The van der Waals surface area contributed by atoms with Crippen LogP contribution in [0.15, 0.2) is 23.8 Å². The predicted molar refractivity (Wildman–Crippen MR) is 77.2 cm³/mol. The molecule has 3 aliphatic rings. The van der Waals surface area contributed by atoms with E-state index in [1.165, 1.54) is 12.5 Å². The average molecular weight is 276 g/mol. The highest BCUT2D eigenvalue weighted by molar-refractivity contribution is 5.66. The summed E-state index contributed by atoms with van der Waals surface area (Å²) in [7, 11) is 0. The molecular weight excluding hydrogens is 252 g/mol. The SMILES string of the molecule is CC(=O)OCC1=CC=CC2(C)CCC3(O2)C1CC3(C)C. The van der Waals surface area contributed by atoms with Crippen molar-refractivity contribution in [3.8, 4) is 0 Å². The molecule has 3 nitrogen and oxygen atoms in total. The van der Waals surface area contributed by atoms with Crippen molar-refractivity contribution in [2.45, 2.75) is 58.2 Å². The molecule has 2 aliphatic heterocycles. The van der Waals surface area contributed by atoms with Crippen LogP contribution in [0.3, 0.4) is 0 Å². The average Bonchev–Trinajstić information content (AvgIpc) is 2.73. The molecule has 2 heterocycles. The van der Waals surface area contributed by atoms with E-state index in [0.717, 1.165) is 19.3 Å². The van der Waals surface area contributed by atoms with E-state index < -0.39 is 0 Å². The summed E-state index contributed by atoms with van der Waals surface area (Å²) in [6.07, 6.45) is 9.61. The minimum absolute atomic E-state index is 0.0848. The molecule has 0 amide bonds. The van der Waals surface area contributed by atoms with Crippen molar-refractivity contribution in [2.75, 3.05) is 6.61 Å². The molecular formula is C17H24O3. The molecule has 1 saturated carbocycles. The zero-order valence-corrected chi connectivity index (χ0v) is 12.9. The minimum Gasteiger partial charge on any atom is -0.461 e. The van der Waals surface area contributed by atoms with Gasteiger partial charge >= 0.3 is 5.97 Å². The van der Waals surface area contributed by atoms with Gasteiger partial charge in [0.25, 0.3) is 0 Å². The lowest BCUT2D eigenvalue weighted by Crippen LogP contribution is -2.63. The molecule has 0 aromatic carbocycles. The Balaban J connectivity index is 1.93. The maximum atomic E-state index is 11.1. The maximum Gasteiger partial charge on any atom is 0.302 e. The topological polar surface area (TPSA) is 35.5 Å². The quantitative estimate of drug-likeness (QED) is 0.725. The van der Waals surface area contributed by atoms with Crippen LogP contribution >= 0.6 is 0 Å². The van der Waals surface area contributed by atoms with Gasteiger partial charge in [-0.05, 0) is 37.2 Å². The molecule has 0 aromatic rings. The Morgan fingerprint density at radius 1 is 1.40 bits per heavy atom. The van der Waals surface area contributed by atoms with Crippen LogP contribution in [0.5, 0.6) is 0 Å². The molecule has 0 radical (unpaired) electrons. The largest absolute Gasteiger partial charge is 0.461 e. The van der Waals surface area contributed by atoms with Crippen molar-refractivity contribution in [1.29, 1.82) is 0 Å². The van der Waals surface area contributed by atoms with Crippen molar-refractivity contribution in [3.63, 3.8) is 0 Å². The molecule has 0 aromatic heterocycles. The summed E-state index contributed by atoms with van der Waals surface area (Å²) in [5, 5.41) is 0. The van der Waals surface area contributed by atoms with Crippen molar-refractivity contribution in [3.05, 3.63) is 23.8 Å². The minimum atomic E-state index is -0.221. The second-order valence-corrected chi connectivity index (χ2v) is 7.33. The number of esters is 1. The van der Waals surface area contributed by atoms with Crippen molar-refractivity contribution in [2.24, 2.45) is 11.3 Å². The molecule has 3 heteroatoms. The van der Waals surface area contributed by atoms with E-state index in [1.807, 2.05) is 0 Å². The van der Waals surface area contributed by atoms with E-state index in [2.05, 4.69) is 39.0 Å². The molecule has 20 heavy (non-hydrogen) atoms. The summed E-state index contributed by atoms with van der Waals surface area (Å²) in [5.74, 6) is 0.158. The second-order valence-electron chi connectivity index (χ2n) is 7.33. The van der Waals surface area contributed by atoms with Gasteiger partial charge in [-0.3, -0.25) is 4.79 Å². The standard InChI is InChI=1S/C17H24O3/c1-12(18)19-11-13-6-5-7-16(4)8-9-17(20-16)14(13)10-15(17,2)3/h5-7,14H,8-11H2,1-4H3. The van der Waals surface area contributed by atoms with Crippen LogP contribution < -0.4 is 0 Å². The molecule has 3 rings (SSSR count). The highest BCUT2D eigenvalue weighted by Gasteiger charge is 2.66. The zero-order chi connectivity index (χ0) is 14.6. The summed E-state index contributed by atoms with van der Waals surface area (Å²) in [6.45, 7) is 8.62. The van der Waals surface area contributed by atoms with Crippen LogP contribution in [0.2, 0.25) is 0 Å². The first-order valence-corrected chi connectivity index (χ1v) is 7.50. The number of allylic oxidation sites excluding steroid dienone is 2. The van der Waals surface area contributed by atoms with Gasteiger partial charge in [0, 0.05) is 12.8 Å². The monoisotopic (exact) mass is 276 g/mol. The molecule has 1 saturated heterocycles. The molecule has 3 unspecified atom stereocenters. The smallest absolute Gasteiger partial charge is 0.302 e. The summed E-state index contributed by atoms with van der Waals surface area (Å²) in [6, 6.07) is 0. The molecule has 3 atom stereocenters. The van der Waals surface area contributed by atoms with Gasteiger partial charge < -0.3 is 9.47 Å². The van der Waals surface area contributed by atoms with Crippen LogP contribution in [0.4, 0.5) is 0 Å². The third-order valence-electron chi connectivity index (χ3n) is 5.48. The molecule has 110 valence electrons. The van der Waals surface area contributed by atoms with Crippen molar-refractivity contribution < 1.29 is 14.3 Å². The Kier molecular flexibility index (Phi) is 2.91. The van der Waals surface area contributed by atoms with Crippen LogP contribution in [0.25, 0.3) is 0 Å². The maximum absolute atomic E-state index is 11.1. The first-order chi connectivity index (χ1) is 9.28. The summed E-state index contributed by atoms with van der Waals surface area (Å²) in [5.41, 5.74) is 1.16. The third kappa shape index (κ3) is 1.86. The van der Waals surface area contributed by atoms with E-state index >= 15 is 0 Å². The van der Waals surface area contributed by atoms with Gasteiger partial charge in [-0.1, -0.05) is 32.1 Å². The Bertz CT molecular complexity index is 502. The lowest BCUT2D eigenvalue weighted by molar-refractivity contribution is -0.227. The Morgan fingerprint density at radius 2 is 2.15 bits per heavy atom.